The molecule has 166 valence electrons. The monoisotopic (exact) mass is 433 g/mol. The lowest BCUT2D eigenvalue weighted by molar-refractivity contribution is -0.150. The summed E-state index contributed by atoms with van der Waals surface area (Å²) < 4.78 is 10.9. The first-order chi connectivity index (χ1) is 15.4. The highest BCUT2D eigenvalue weighted by Gasteiger charge is 2.26. The molecule has 4 rings (SSSR count). The van der Waals surface area contributed by atoms with Gasteiger partial charge >= 0.3 is 11.6 Å². The van der Waals surface area contributed by atoms with Crippen LogP contribution in [0.15, 0.2) is 57.7 Å². The second kappa shape index (κ2) is 9.39. The van der Waals surface area contributed by atoms with E-state index in [0.29, 0.717) is 11.1 Å². The predicted octanol–water partition coefficient (Wildman–Crippen LogP) is 3.71. The fraction of sp³-hybridized carbons (Fsp3) is 0.346. The first kappa shape index (κ1) is 21.8. The number of esters is 1. The van der Waals surface area contributed by atoms with E-state index in [9.17, 15) is 14.4 Å². The van der Waals surface area contributed by atoms with Gasteiger partial charge in [0.1, 0.15) is 18.2 Å². The van der Waals surface area contributed by atoms with Crippen LogP contribution in [0.2, 0.25) is 0 Å². The summed E-state index contributed by atoms with van der Waals surface area (Å²) in [6, 6.07) is 13.9. The van der Waals surface area contributed by atoms with Crippen LogP contribution in [0.4, 0.5) is 0 Å². The van der Waals surface area contributed by atoms with Gasteiger partial charge in [-0.15, -0.1) is 0 Å². The number of fused-ring (bicyclic) bond motifs is 2. The third-order valence-corrected chi connectivity index (χ3v) is 5.86. The Bertz CT molecular complexity index is 1200. The van der Waals surface area contributed by atoms with E-state index in [2.05, 4.69) is 5.32 Å². The molecule has 2 aromatic carbocycles. The lowest BCUT2D eigenvalue weighted by Crippen LogP contribution is -2.45. The minimum atomic E-state index is -0.776. The largest absolute Gasteiger partial charge is 0.459 e. The van der Waals surface area contributed by atoms with Crippen LogP contribution >= 0.6 is 0 Å². The van der Waals surface area contributed by atoms with Crippen molar-refractivity contribution < 1.29 is 18.7 Å². The lowest BCUT2D eigenvalue weighted by atomic mass is 10.0. The second-order valence-electron chi connectivity index (χ2n) is 8.62. The molecule has 1 heterocycles. The molecule has 1 aliphatic rings. The smallest absolute Gasteiger partial charge is 0.336 e. The predicted molar refractivity (Wildman–Crippen MR) is 121 cm³/mol. The molecule has 0 aliphatic heterocycles. The van der Waals surface area contributed by atoms with Gasteiger partial charge < -0.3 is 14.5 Å². The fourth-order valence-electron chi connectivity index (χ4n) is 4.16. The SMILES string of the molecule is CC(C)C(NC(=O)Cc1ccccc1)C(=O)OCc1cc(=O)oc2cc3c(cc12)CCC3. The van der Waals surface area contributed by atoms with Gasteiger partial charge in [-0.25, -0.2) is 9.59 Å². The van der Waals surface area contributed by atoms with Crippen LogP contribution in [0.5, 0.6) is 0 Å². The zero-order chi connectivity index (χ0) is 22.7. The van der Waals surface area contributed by atoms with Crippen molar-refractivity contribution in [3.8, 4) is 0 Å². The standard InChI is InChI=1S/C26H27NO5/c1-16(2)25(27-23(28)11-17-7-4-3-5-8-17)26(30)31-15-20-14-24(29)32-22-13-19-10-6-9-18(19)12-21(20)22/h3-5,7-8,12-14,16,25H,6,9-11,15H2,1-2H3,(H,27,28). The second-order valence-corrected chi connectivity index (χ2v) is 8.62. The number of aryl methyl sites for hydroxylation is 2. The normalized spacial score (nSPS) is 13.7. The maximum atomic E-state index is 12.8. The molecule has 1 aromatic heterocycles. The number of rotatable bonds is 7. The van der Waals surface area contributed by atoms with Crippen molar-refractivity contribution in [3.05, 3.63) is 81.2 Å². The van der Waals surface area contributed by atoms with Crippen molar-refractivity contribution in [2.24, 2.45) is 5.92 Å². The van der Waals surface area contributed by atoms with Crippen molar-refractivity contribution in [2.75, 3.05) is 0 Å². The van der Waals surface area contributed by atoms with E-state index >= 15 is 0 Å². The number of carbonyl (C=O) groups is 2. The molecular formula is C26H27NO5. The highest BCUT2D eigenvalue weighted by atomic mass is 16.5. The summed E-state index contributed by atoms with van der Waals surface area (Å²) >= 11 is 0. The summed E-state index contributed by atoms with van der Waals surface area (Å²) in [5.41, 5.74) is 3.97. The van der Waals surface area contributed by atoms with E-state index in [1.54, 1.807) is 0 Å². The van der Waals surface area contributed by atoms with Crippen LogP contribution in [-0.4, -0.2) is 17.9 Å². The van der Waals surface area contributed by atoms with E-state index in [1.807, 2.05) is 56.3 Å². The lowest BCUT2D eigenvalue weighted by Gasteiger charge is -2.21. The third-order valence-electron chi connectivity index (χ3n) is 5.86. The average molecular weight is 434 g/mol. The van der Waals surface area contributed by atoms with E-state index in [0.717, 1.165) is 30.2 Å². The molecule has 0 saturated carbocycles. The van der Waals surface area contributed by atoms with Gasteiger partial charge in [0.25, 0.3) is 0 Å². The summed E-state index contributed by atoms with van der Waals surface area (Å²) in [6.45, 7) is 3.65. The summed E-state index contributed by atoms with van der Waals surface area (Å²) in [4.78, 5) is 37.3. The first-order valence-corrected chi connectivity index (χ1v) is 11.0. The zero-order valence-corrected chi connectivity index (χ0v) is 18.4. The summed E-state index contributed by atoms with van der Waals surface area (Å²) in [6.07, 6.45) is 3.24. The molecule has 3 aromatic rings. The first-order valence-electron chi connectivity index (χ1n) is 11.0. The molecule has 0 bridgehead atoms. The summed E-state index contributed by atoms with van der Waals surface area (Å²) in [5, 5.41) is 3.57. The molecule has 1 unspecified atom stereocenters. The number of carbonyl (C=O) groups excluding carboxylic acids is 2. The minimum Gasteiger partial charge on any atom is -0.459 e. The average Bonchev–Trinajstić information content (AvgIpc) is 3.22. The van der Waals surface area contributed by atoms with Crippen molar-refractivity contribution in [2.45, 2.75) is 52.2 Å². The van der Waals surface area contributed by atoms with Gasteiger partial charge in [0.15, 0.2) is 0 Å². The van der Waals surface area contributed by atoms with Crippen molar-refractivity contribution in [3.63, 3.8) is 0 Å². The molecule has 0 fully saturated rings. The maximum absolute atomic E-state index is 12.8. The molecule has 1 amide bonds. The van der Waals surface area contributed by atoms with Gasteiger partial charge in [-0.05, 0) is 54.0 Å². The van der Waals surface area contributed by atoms with Gasteiger partial charge in [-0.2, -0.15) is 0 Å². The van der Waals surface area contributed by atoms with Crippen LogP contribution in [0, 0.1) is 5.92 Å². The zero-order valence-electron chi connectivity index (χ0n) is 18.4. The Hall–Kier alpha value is -3.41. The van der Waals surface area contributed by atoms with Gasteiger partial charge in [0.05, 0.1) is 6.42 Å². The van der Waals surface area contributed by atoms with Crippen molar-refractivity contribution in [1.82, 2.24) is 5.32 Å². The quantitative estimate of drug-likeness (QED) is 0.454. The molecule has 1 N–H and O–H groups in total. The van der Waals surface area contributed by atoms with E-state index in [-0.39, 0.29) is 24.9 Å². The van der Waals surface area contributed by atoms with Gasteiger partial charge in [0, 0.05) is 17.0 Å². The number of amides is 1. The summed E-state index contributed by atoms with van der Waals surface area (Å²) in [5.74, 6) is -0.916. The highest BCUT2D eigenvalue weighted by Crippen LogP contribution is 2.28. The van der Waals surface area contributed by atoms with Gasteiger partial charge in [0.2, 0.25) is 5.91 Å². The molecule has 0 radical (unpaired) electrons. The Morgan fingerprint density at radius 2 is 1.78 bits per heavy atom. The maximum Gasteiger partial charge on any atom is 0.336 e. The van der Waals surface area contributed by atoms with Crippen LogP contribution in [-0.2, 0) is 40.2 Å². The number of hydrogen-bond acceptors (Lipinski definition) is 5. The number of ether oxygens (including phenoxy) is 1. The Morgan fingerprint density at radius 3 is 2.50 bits per heavy atom. The van der Waals surface area contributed by atoms with E-state index in [1.165, 1.54) is 17.2 Å². The van der Waals surface area contributed by atoms with Gasteiger partial charge in [-0.3, -0.25) is 4.79 Å². The summed E-state index contributed by atoms with van der Waals surface area (Å²) in [7, 11) is 0. The minimum absolute atomic E-state index is 0.0580. The molecule has 6 heteroatoms. The molecule has 32 heavy (non-hydrogen) atoms. The molecular weight excluding hydrogens is 406 g/mol. The Morgan fingerprint density at radius 1 is 1.06 bits per heavy atom. The number of hydrogen-bond donors (Lipinski definition) is 1. The van der Waals surface area contributed by atoms with Crippen LogP contribution < -0.4 is 10.9 Å². The van der Waals surface area contributed by atoms with Crippen LogP contribution in [0.25, 0.3) is 11.0 Å². The van der Waals surface area contributed by atoms with Crippen molar-refractivity contribution >= 4 is 22.8 Å². The molecule has 1 aliphatic carbocycles. The Kier molecular flexibility index (Phi) is 6.40. The molecule has 1 atom stereocenters. The van der Waals surface area contributed by atoms with Crippen LogP contribution in [0.1, 0.15) is 42.5 Å². The van der Waals surface area contributed by atoms with Crippen molar-refractivity contribution in [1.29, 1.82) is 0 Å². The molecule has 6 nitrogen and oxygen atoms in total. The van der Waals surface area contributed by atoms with Gasteiger partial charge in [-0.1, -0.05) is 44.2 Å². The fourth-order valence-corrected chi connectivity index (χ4v) is 4.16. The number of nitrogens with one attached hydrogen (secondary N) is 1. The molecule has 0 saturated heterocycles. The van der Waals surface area contributed by atoms with E-state index in [4.69, 9.17) is 9.15 Å². The number of benzene rings is 2. The topological polar surface area (TPSA) is 85.6 Å². The Balaban J connectivity index is 1.47. The Labute approximate surface area is 186 Å². The highest BCUT2D eigenvalue weighted by molar-refractivity contribution is 5.86. The molecule has 0 spiro atoms. The van der Waals surface area contributed by atoms with Crippen LogP contribution in [0.3, 0.4) is 0 Å². The van der Waals surface area contributed by atoms with E-state index < -0.39 is 17.6 Å². The third kappa shape index (κ3) is 4.90.